The van der Waals surface area contributed by atoms with E-state index >= 15 is 0 Å². The zero-order valence-electron chi connectivity index (χ0n) is 13.4. The number of imidazole rings is 1. The number of aromatic nitrogens is 4. The Morgan fingerprint density at radius 3 is 2.58 bits per heavy atom. The third kappa shape index (κ3) is 3.89. The Labute approximate surface area is 140 Å². The van der Waals surface area contributed by atoms with Crippen molar-refractivity contribution in [1.29, 1.82) is 0 Å². The number of ether oxygens (including phenoxy) is 1. The van der Waals surface area contributed by atoms with Gasteiger partial charge in [-0.1, -0.05) is 0 Å². The summed E-state index contributed by atoms with van der Waals surface area (Å²) >= 11 is 0. The van der Waals surface area contributed by atoms with Gasteiger partial charge in [0.1, 0.15) is 5.82 Å². The molecule has 0 spiro atoms. The first-order chi connectivity index (χ1) is 11.6. The fourth-order valence-electron chi connectivity index (χ4n) is 2.43. The molecule has 0 radical (unpaired) electrons. The maximum atomic E-state index is 11.6. The van der Waals surface area contributed by atoms with Crippen LogP contribution in [0.5, 0.6) is 0 Å². The lowest BCUT2D eigenvalue weighted by molar-refractivity contribution is 0.122. The monoisotopic (exact) mass is 352 g/mol. The van der Waals surface area contributed by atoms with Gasteiger partial charge in [0, 0.05) is 44.4 Å². The van der Waals surface area contributed by atoms with Gasteiger partial charge in [0.2, 0.25) is 16.0 Å². The normalized spacial score (nSPS) is 15.6. The fraction of sp³-hybridized carbons (Fsp3) is 0.500. The van der Waals surface area contributed by atoms with Crippen molar-refractivity contribution in [1.82, 2.24) is 24.2 Å². The number of morpholine rings is 1. The molecule has 1 fully saturated rings. The number of anilines is 1. The fourth-order valence-corrected chi connectivity index (χ4v) is 3.08. The van der Waals surface area contributed by atoms with Crippen LogP contribution in [0, 0.1) is 0 Å². The van der Waals surface area contributed by atoms with Gasteiger partial charge in [0.05, 0.1) is 24.5 Å². The molecule has 1 aliphatic rings. The van der Waals surface area contributed by atoms with E-state index in [2.05, 4.69) is 24.6 Å². The van der Waals surface area contributed by atoms with Crippen LogP contribution in [0.1, 0.15) is 0 Å². The molecular weight excluding hydrogens is 332 g/mol. The number of hydrogen-bond acceptors (Lipinski definition) is 7. The topological polar surface area (TPSA) is 102 Å². The summed E-state index contributed by atoms with van der Waals surface area (Å²) < 4.78 is 32.6. The van der Waals surface area contributed by atoms with E-state index in [1.54, 1.807) is 29.4 Å². The molecule has 24 heavy (non-hydrogen) atoms. The molecule has 9 nitrogen and oxygen atoms in total. The van der Waals surface area contributed by atoms with E-state index in [4.69, 9.17) is 4.74 Å². The minimum Gasteiger partial charge on any atom is -0.378 e. The SMILES string of the molecule is CNS(=O)(=O)CCn1ccnc1-c1cnc(N2CCOCC2)nc1. The van der Waals surface area contributed by atoms with Crippen LogP contribution in [-0.4, -0.2) is 67.0 Å². The predicted molar refractivity (Wildman–Crippen MR) is 89.1 cm³/mol. The smallest absolute Gasteiger partial charge is 0.225 e. The molecule has 1 N–H and O–H groups in total. The third-order valence-electron chi connectivity index (χ3n) is 3.82. The minimum absolute atomic E-state index is 0.0143. The predicted octanol–water partition coefficient (Wildman–Crippen LogP) is -0.274. The van der Waals surface area contributed by atoms with E-state index in [0.29, 0.717) is 31.5 Å². The number of aryl methyl sites for hydroxylation is 1. The molecule has 0 aliphatic carbocycles. The molecule has 2 aromatic rings. The summed E-state index contributed by atoms with van der Waals surface area (Å²) in [7, 11) is -1.86. The van der Waals surface area contributed by atoms with Crippen molar-refractivity contribution in [2.75, 3.05) is 44.0 Å². The third-order valence-corrected chi connectivity index (χ3v) is 5.16. The summed E-state index contributed by atoms with van der Waals surface area (Å²) in [6.07, 6.45) is 6.81. The molecule has 1 saturated heterocycles. The average Bonchev–Trinajstić information content (AvgIpc) is 3.10. The second-order valence-electron chi connectivity index (χ2n) is 5.34. The number of sulfonamides is 1. The average molecular weight is 352 g/mol. The van der Waals surface area contributed by atoms with Crippen LogP contribution in [0.2, 0.25) is 0 Å². The van der Waals surface area contributed by atoms with Crippen molar-refractivity contribution in [2.24, 2.45) is 0 Å². The summed E-state index contributed by atoms with van der Waals surface area (Å²) in [4.78, 5) is 15.2. The van der Waals surface area contributed by atoms with E-state index in [9.17, 15) is 8.42 Å². The summed E-state index contributed by atoms with van der Waals surface area (Å²) in [5.74, 6) is 1.30. The second-order valence-corrected chi connectivity index (χ2v) is 7.38. The van der Waals surface area contributed by atoms with Crippen molar-refractivity contribution < 1.29 is 13.2 Å². The van der Waals surface area contributed by atoms with Crippen LogP contribution in [-0.2, 0) is 21.3 Å². The number of hydrogen-bond donors (Lipinski definition) is 1. The first-order valence-electron chi connectivity index (χ1n) is 7.66. The van der Waals surface area contributed by atoms with Gasteiger partial charge in [0.25, 0.3) is 0 Å². The summed E-state index contributed by atoms with van der Waals surface area (Å²) in [5.41, 5.74) is 0.749. The maximum Gasteiger partial charge on any atom is 0.225 e. The molecule has 2 aromatic heterocycles. The van der Waals surface area contributed by atoms with Crippen LogP contribution < -0.4 is 9.62 Å². The lowest BCUT2D eigenvalue weighted by Crippen LogP contribution is -2.37. The Kier molecular flexibility index (Phi) is 5.07. The minimum atomic E-state index is -3.26. The van der Waals surface area contributed by atoms with Gasteiger partial charge in [-0.2, -0.15) is 0 Å². The molecule has 3 rings (SSSR count). The molecule has 10 heteroatoms. The molecular formula is C14H20N6O3S. The van der Waals surface area contributed by atoms with Gasteiger partial charge >= 0.3 is 0 Å². The first kappa shape index (κ1) is 16.8. The lowest BCUT2D eigenvalue weighted by Gasteiger charge is -2.26. The second kappa shape index (κ2) is 7.24. The van der Waals surface area contributed by atoms with Crippen molar-refractivity contribution in [3.05, 3.63) is 24.8 Å². The quantitative estimate of drug-likeness (QED) is 0.763. The Bertz CT molecular complexity index is 768. The van der Waals surface area contributed by atoms with Gasteiger partial charge in [-0.25, -0.2) is 28.1 Å². The first-order valence-corrected chi connectivity index (χ1v) is 9.32. The van der Waals surface area contributed by atoms with E-state index in [-0.39, 0.29) is 5.75 Å². The highest BCUT2D eigenvalue weighted by molar-refractivity contribution is 7.89. The largest absolute Gasteiger partial charge is 0.378 e. The van der Waals surface area contributed by atoms with E-state index in [1.165, 1.54) is 7.05 Å². The van der Waals surface area contributed by atoms with Gasteiger partial charge in [-0.15, -0.1) is 0 Å². The Morgan fingerprint density at radius 2 is 1.92 bits per heavy atom. The van der Waals surface area contributed by atoms with Crippen LogP contribution >= 0.6 is 0 Å². The summed E-state index contributed by atoms with van der Waals surface area (Å²) in [5, 5.41) is 0. The zero-order chi connectivity index (χ0) is 17.0. The molecule has 130 valence electrons. The molecule has 1 aliphatic heterocycles. The van der Waals surface area contributed by atoms with E-state index in [0.717, 1.165) is 18.7 Å². The highest BCUT2D eigenvalue weighted by atomic mass is 32.2. The molecule has 0 amide bonds. The van der Waals surface area contributed by atoms with Crippen LogP contribution in [0.3, 0.4) is 0 Å². The summed E-state index contributed by atoms with van der Waals surface area (Å²) in [6, 6.07) is 0. The Hall–Kier alpha value is -2.04. The number of nitrogens with one attached hydrogen (secondary N) is 1. The number of rotatable bonds is 6. The molecule has 0 atom stereocenters. The van der Waals surface area contributed by atoms with Crippen molar-refractivity contribution in [3.8, 4) is 11.4 Å². The van der Waals surface area contributed by atoms with Gasteiger partial charge in [-0.05, 0) is 7.05 Å². The molecule has 0 saturated carbocycles. The highest BCUT2D eigenvalue weighted by Crippen LogP contribution is 2.18. The molecule has 0 unspecified atom stereocenters. The highest BCUT2D eigenvalue weighted by Gasteiger charge is 2.15. The van der Waals surface area contributed by atoms with Crippen LogP contribution in [0.4, 0.5) is 5.95 Å². The van der Waals surface area contributed by atoms with E-state index in [1.807, 2.05) is 0 Å². The van der Waals surface area contributed by atoms with E-state index < -0.39 is 10.0 Å². The van der Waals surface area contributed by atoms with Crippen LogP contribution in [0.15, 0.2) is 24.8 Å². The number of nitrogens with zero attached hydrogens (tertiary/aromatic N) is 5. The Balaban J connectivity index is 1.74. The van der Waals surface area contributed by atoms with Crippen LogP contribution in [0.25, 0.3) is 11.4 Å². The zero-order valence-corrected chi connectivity index (χ0v) is 14.2. The molecule has 0 aromatic carbocycles. The van der Waals surface area contributed by atoms with Gasteiger partial charge < -0.3 is 14.2 Å². The van der Waals surface area contributed by atoms with Crippen molar-refractivity contribution in [3.63, 3.8) is 0 Å². The molecule has 0 bridgehead atoms. The standard InChI is InChI=1S/C14H20N6O3S/c1-15-24(21,22)9-6-19-3-2-16-13(19)12-10-17-14(18-11-12)20-4-7-23-8-5-20/h2-3,10-11,15H,4-9H2,1H3. The molecule has 3 heterocycles. The van der Waals surface area contributed by atoms with Gasteiger partial charge in [-0.3, -0.25) is 0 Å². The maximum absolute atomic E-state index is 11.6. The lowest BCUT2D eigenvalue weighted by atomic mass is 10.3. The van der Waals surface area contributed by atoms with Crippen molar-refractivity contribution in [2.45, 2.75) is 6.54 Å². The summed E-state index contributed by atoms with van der Waals surface area (Å²) in [6.45, 7) is 3.21. The Morgan fingerprint density at radius 1 is 1.21 bits per heavy atom. The van der Waals surface area contributed by atoms with Gasteiger partial charge in [0.15, 0.2) is 0 Å². The van der Waals surface area contributed by atoms with Crippen molar-refractivity contribution >= 4 is 16.0 Å².